The molecule has 0 aromatic heterocycles. The molecule has 1 nitrogen and oxygen atoms in total. The van der Waals surface area contributed by atoms with Gasteiger partial charge in [-0.15, -0.1) is 0 Å². The average Bonchev–Trinajstić information content (AvgIpc) is 2.77. The molecule has 0 aliphatic rings. The Hall–Kier alpha value is -1.73. The van der Waals surface area contributed by atoms with E-state index in [9.17, 15) is 0 Å². The van der Waals surface area contributed by atoms with Gasteiger partial charge in [-0.05, 0) is 0 Å². The molecule has 0 saturated heterocycles. The zero-order valence-electron chi connectivity index (χ0n) is 15.8. The van der Waals surface area contributed by atoms with Crippen molar-refractivity contribution in [3.63, 3.8) is 0 Å². The van der Waals surface area contributed by atoms with Crippen molar-refractivity contribution in [2.75, 3.05) is 7.11 Å². The maximum atomic E-state index is 4.97. The molecule has 0 spiro atoms. The maximum absolute atomic E-state index is 4.97. The summed E-state index contributed by atoms with van der Waals surface area (Å²) in [6.45, 7) is 0. The molecule has 28 heavy (non-hydrogen) atoms. The fourth-order valence-corrected chi connectivity index (χ4v) is 10.6. The Balaban J connectivity index is 0.000000211. The Bertz CT molecular complexity index is 848. The fourth-order valence-electron chi connectivity index (χ4n) is 2.89. The second-order valence-corrected chi connectivity index (χ2v) is 14.6. The van der Waals surface area contributed by atoms with Gasteiger partial charge in [-0.1, -0.05) is 0 Å². The Morgan fingerprint density at radius 1 is 0.536 bits per heavy atom. The molecule has 0 bridgehead atoms. The van der Waals surface area contributed by atoms with Crippen molar-refractivity contribution < 1.29 is 4.74 Å². The molecular weight excluding hydrogens is 563 g/mol. The molecule has 0 saturated carbocycles. The van der Waals surface area contributed by atoms with Crippen LogP contribution in [0.15, 0.2) is 115 Å². The van der Waals surface area contributed by atoms with Crippen LogP contribution in [0.1, 0.15) is 0 Å². The van der Waals surface area contributed by atoms with Crippen LogP contribution in [-0.2, 0) is 0 Å². The molecule has 4 aromatic rings. The van der Waals surface area contributed by atoms with Gasteiger partial charge in [-0.25, -0.2) is 0 Å². The summed E-state index contributed by atoms with van der Waals surface area (Å²) in [6.07, 6.45) is 0. The SMILES string of the molecule is COc1ccc([Te])cc1.c1cc[c]([Sn]([c]2ccccc2)[c]2ccccc2)cc1. The standard InChI is InChI=1S/C7H7OTe.3C6H5.Sn/c1-8-6-2-4-7(9)5-3-6;3*1-2-4-6-5-3-1;/h2-5H,1H3;3*1-5H;. The first-order valence-electron chi connectivity index (χ1n) is 9.12. The first-order valence-corrected chi connectivity index (χ1v) is 14.6. The van der Waals surface area contributed by atoms with Crippen molar-refractivity contribution >= 4 is 56.4 Å². The summed E-state index contributed by atoms with van der Waals surface area (Å²) in [5.41, 5.74) is 0. The molecule has 0 aliphatic heterocycles. The fraction of sp³-hybridized carbons (Fsp3) is 0.0400. The zero-order valence-corrected chi connectivity index (χ0v) is 21.0. The van der Waals surface area contributed by atoms with Crippen molar-refractivity contribution in [3.8, 4) is 5.75 Å². The summed E-state index contributed by atoms with van der Waals surface area (Å²) in [5, 5.41) is 0. The normalized spacial score (nSPS) is 10.1. The number of hydrogen-bond acceptors (Lipinski definition) is 1. The van der Waals surface area contributed by atoms with E-state index in [1.807, 2.05) is 46.6 Å². The van der Waals surface area contributed by atoms with Gasteiger partial charge in [0.2, 0.25) is 0 Å². The average molecular weight is 585 g/mol. The Kier molecular flexibility index (Phi) is 8.48. The van der Waals surface area contributed by atoms with E-state index in [1.54, 1.807) is 7.11 Å². The van der Waals surface area contributed by atoms with Crippen LogP contribution in [0.3, 0.4) is 0 Å². The van der Waals surface area contributed by atoms with Gasteiger partial charge in [0.15, 0.2) is 0 Å². The van der Waals surface area contributed by atoms with Crippen LogP contribution >= 0.6 is 0 Å². The van der Waals surface area contributed by atoms with Crippen molar-refractivity contribution in [1.29, 1.82) is 0 Å². The van der Waals surface area contributed by atoms with Crippen molar-refractivity contribution in [1.82, 2.24) is 0 Å². The summed E-state index contributed by atoms with van der Waals surface area (Å²) in [7, 11) is 1.67. The van der Waals surface area contributed by atoms with Crippen LogP contribution in [-0.4, -0.2) is 49.2 Å². The predicted molar refractivity (Wildman–Crippen MR) is 122 cm³/mol. The monoisotopic (exact) mass is 588 g/mol. The van der Waals surface area contributed by atoms with Crippen LogP contribution in [0, 0.1) is 0 Å². The summed E-state index contributed by atoms with van der Waals surface area (Å²) >= 11 is 0.00596. The Labute approximate surface area is 188 Å². The number of rotatable bonds is 4. The second kappa shape index (κ2) is 11.3. The Morgan fingerprint density at radius 3 is 1.21 bits per heavy atom. The van der Waals surface area contributed by atoms with Gasteiger partial charge in [-0.2, -0.15) is 0 Å². The van der Waals surface area contributed by atoms with Gasteiger partial charge in [0.25, 0.3) is 0 Å². The van der Waals surface area contributed by atoms with E-state index in [2.05, 4.69) is 91.0 Å². The molecule has 0 fully saturated rings. The zero-order chi connectivity index (χ0) is 19.6. The van der Waals surface area contributed by atoms with Gasteiger partial charge >= 0.3 is 189 Å². The quantitative estimate of drug-likeness (QED) is 0.336. The molecule has 2 radical (unpaired) electrons. The summed E-state index contributed by atoms with van der Waals surface area (Å²) in [5.74, 6) is 0.919. The van der Waals surface area contributed by atoms with Crippen LogP contribution < -0.4 is 19.1 Å². The molecule has 0 heterocycles. The minimum absolute atomic E-state index is 0.919. The predicted octanol–water partition coefficient (Wildman–Crippen LogP) is 2.69. The molecule has 138 valence electrons. The Morgan fingerprint density at radius 2 is 0.893 bits per heavy atom. The molecule has 0 amide bonds. The van der Waals surface area contributed by atoms with Gasteiger partial charge in [0.05, 0.1) is 0 Å². The molecule has 0 N–H and O–H groups in total. The van der Waals surface area contributed by atoms with Crippen LogP contribution in [0.2, 0.25) is 0 Å². The molecule has 4 aromatic carbocycles. The summed E-state index contributed by atoms with van der Waals surface area (Å²) < 4.78 is 10.8. The first kappa shape index (κ1) is 21.0. The molecule has 0 unspecified atom stereocenters. The van der Waals surface area contributed by atoms with Crippen LogP contribution in [0.5, 0.6) is 5.75 Å². The third kappa shape index (κ3) is 6.14. The minimum atomic E-state index is -1.98. The first-order chi connectivity index (χ1) is 13.8. The molecule has 0 aliphatic carbocycles. The molecule has 3 heteroatoms. The third-order valence-electron chi connectivity index (χ3n) is 4.25. The van der Waals surface area contributed by atoms with Gasteiger partial charge in [-0.3, -0.25) is 0 Å². The number of benzene rings is 4. The second-order valence-electron chi connectivity index (χ2n) is 6.15. The van der Waals surface area contributed by atoms with Gasteiger partial charge in [0, 0.05) is 0 Å². The van der Waals surface area contributed by atoms with E-state index in [0.717, 1.165) is 5.75 Å². The summed E-state index contributed by atoms with van der Waals surface area (Å²) in [6, 6.07) is 40.9. The molecule has 0 atom stereocenters. The van der Waals surface area contributed by atoms with Crippen molar-refractivity contribution in [3.05, 3.63) is 115 Å². The number of hydrogen-bond donors (Lipinski definition) is 0. The third-order valence-corrected chi connectivity index (χ3v) is 12.8. The van der Waals surface area contributed by atoms with E-state index in [0.29, 0.717) is 0 Å². The van der Waals surface area contributed by atoms with Crippen molar-refractivity contribution in [2.45, 2.75) is 0 Å². The van der Waals surface area contributed by atoms with E-state index >= 15 is 0 Å². The van der Waals surface area contributed by atoms with E-state index in [1.165, 1.54) is 14.3 Å². The molecule has 4 rings (SSSR count). The summed E-state index contributed by atoms with van der Waals surface area (Å²) in [4.78, 5) is 0. The van der Waals surface area contributed by atoms with Gasteiger partial charge in [0.1, 0.15) is 0 Å². The number of methoxy groups -OCH3 is 1. The van der Waals surface area contributed by atoms with Gasteiger partial charge < -0.3 is 0 Å². The van der Waals surface area contributed by atoms with E-state index in [-0.39, 0.29) is 0 Å². The van der Waals surface area contributed by atoms with E-state index < -0.39 is 19.8 Å². The van der Waals surface area contributed by atoms with Crippen LogP contribution in [0.25, 0.3) is 0 Å². The number of ether oxygens (including phenoxy) is 1. The van der Waals surface area contributed by atoms with E-state index in [4.69, 9.17) is 4.74 Å². The molecular formula is C25H22OSnTe. The van der Waals surface area contributed by atoms with Crippen molar-refractivity contribution in [2.24, 2.45) is 0 Å². The van der Waals surface area contributed by atoms with Crippen LogP contribution in [0.4, 0.5) is 0 Å². The topological polar surface area (TPSA) is 9.23 Å².